The Morgan fingerprint density at radius 3 is 1.45 bits per heavy atom. The van der Waals surface area contributed by atoms with Crippen molar-refractivity contribution in [1.82, 2.24) is 0 Å². The van der Waals surface area contributed by atoms with Crippen LogP contribution in [0.25, 0.3) is 0 Å². The van der Waals surface area contributed by atoms with Crippen LogP contribution in [-0.2, 0) is 31.6 Å². The summed E-state index contributed by atoms with van der Waals surface area (Å²) in [6, 6.07) is 0. The molecule has 0 N–H and O–H groups in total. The molecule has 0 unspecified atom stereocenters. The van der Waals surface area contributed by atoms with Crippen molar-refractivity contribution in [3.8, 4) is 0 Å². The molecule has 0 aromatic carbocycles. The second-order valence-corrected chi connectivity index (χ2v) is 2.54. The van der Waals surface area contributed by atoms with E-state index in [0.29, 0.717) is 0 Å². The van der Waals surface area contributed by atoms with E-state index in [2.05, 4.69) is 0 Å². The van der Waals surface area contributed by atoms with Gasteiger partial charge < -0.3 is 13.8 Å². The molecule has 0 spiro atoms. The molecule has 0 radical (unpaired) electrons. The van der Waals surface area contributed by atoms with Gasteiger partial charge in [-0.3, -0.25) is 8.42 Å². The molecule has 7 heteroatoms. The minimum absolute atomic E-state index is 0. The summed E-state index contributed by atoms with van der Waals surface area (Å²) in [7, 11) is -5.17. The topological polar surface area (TPSA) is 89.5 Å². The zero-order valence-corrected chi connectivity index (χ0v) is 7.40. The minimum Gasteiger partial charge on any atom is -0.759 e. The van der Waals surface area contributed by atoms with E-state index in [1.807, 2.05) is 0 Å². The fourth-order valence-corrected chi connectivity index (χ4v) is 0.510. The van der Waals surface area contributed by atoms with Crippen LogP contribution in [-0.4, -0.2) is 30.7 Å². The first-order valence-corrected chi connectivity index (χ1v) is 4.08. The predicted molar refractivity (Wildman–Crippen MR) is 30.5 cm³/mol. The third kappa shape index (κ3) is 25.2. The van der Waals surface area contributed by atoms with Crippen LogP contribution in [0.3, 0.4) is 0 Å². The van der Waals surface area contributed by atoms with Gasteiger partial charge in [-0.1, -0.05) is 0 Å². The molecule has 1 fully saturated rings. The number of rotatable bonds is 0. The molecule has 0 saturated carbocycles. The zero-order valence-electron chi connectivity index (χ0n) is 5.59. The number of ether oxygens (including phenoxy) is 1. The fraction of sp³-hybridized carbons (Fsp3) is 1.00. The molecule has 11 heavy (non-hydrogen) atoms. The molecule has 0 amide bonds. The molecule has 1 saturated heterocycles. The Morgan fingerprint density at radius 2 is 1.36 bits per heavy atom. The summed E-state index contributed by atoms with van der Waals surface area (Å²) in [5.41, 5.74) is 0. The van der Waals surface area contributed by atoms with Gasteiger partial charge in [0.15, 0.2) is 0 Å². The van der Waals surface area contributed by atoms with Gasteiger partial charge in [0.25, 0.3) is 0 Å². The minimum atomic E-state index is -5.17. The number of hydrogen-bond acceptors (Lipinski definition) is 5. The zero-order chi connectivity index (χ0) is 8.04. The second-order valence-electron chi connectivity index (χ2n) is 1.73. The van der Waals surface area contributed by atoms with Crippen LogP contribution >= 0.6 is 0 Å². The van der Waals surface area contributed by atoms with Gasteiger partial charge in [-0.15, -0.1) is 0 Å². The third-order valence-corrected chi connectivity index (χ3v) is 0.827. The Balaban J connectivity index is 0. The van der Waals surface area contributed by atoms with Crippen molar-refractivity contribution in [2.45, 2.75) is 12.8 Å². The maximum atomic E-state index is 8.52. The molecule has 1 aliphatic rings. The third-order valence-electron chi connectivity index (χ3n) is 0.827. The summed E-state index contributed by atoms with van der Waals surface area (Å²) in [6.07, 6.45) is 2.56. The molecule has 70 valence electrons. The average molecular weight is 227 g/mol. The van der Waals surface area contributed by atoms with Gasteiger partial charge in [0, 0.05) is 23.6 Å². The maximum Gasteiger partial charge on any atom is 2.00 e. The summed E-state index contributed by atoms with van der Waals surface area (Å²) in [4.78, 5) is 0. The van der Waals surface area contributed by atoms with Crippen molar-refractivity contribution in [3.63, 3.8) is 0 Å². The van der Waals surface area contributed by atoms with Gasteiger partial charge in [-0.05, 0) is 12.8 Å². The molecular formula is C4H8NiO5S. The van der Waals surface area contributed by atoms with Crippen LogP contribution in [0.5, 0.6) is 0 Å². The van der Waals surface area contributed by atoms with E-state index >= 15 is 0 Å². The summed E-state index contributed by atoms with van der Waals surface area (Å²) >= 11 is 0. The van der Waals surface area contributed by atoms with Crippen molar-refractivity contribution >= 4 is 10.4 Å². The molecule has 0 atom stereocenters. The SMILES string of the molecule is C1CCOC1.O=S(=O)([O-])[O-].[Ni+2]. The van der Waals surface area contributed by atoms with E-state index in [-0.39, 0.29) is 16.5 Å². The Labute approximate surface area is 75.6 Å². The van der Waals surface area contributed by atoms with E-state index < -0.39 is 10.4 Å². The Hall–Kier alpha value is 0.324. The largest absolute Gasteiger partial charge is 2.00 e. The van der Waals surface area contributed by atoms with Crippen LogP contribution in [0.4, 0.5) is 0 Å². The van der Waals surface area contributed by atoms with E-state index in [1.54, 1.807) is 0 Å². The predicted octanol–water partition coefficient (Wildman–Crippen LogP) is -0.544. The van der Waals surface area contributed by atoms with Crippen molar-refractivity contribution in [2.75, 3.05) is 13.2 Å². The Morgan fingerprint density at radius 1 is 1.09 bits per heavy atom. The molecule has 0 bridgehead atoms. The molecule has 0 aliphatic carbocycles. The standard InChI is InChI=1S/C4H8O.Ni.H2O4S/c1-2-4-5-3-1;;1-5(2,3)4/h1-4H2;;(H2,1,2,3,4)/q;+2;/p-2. The summed E-state index contributed by atoms with van der Waals surface area (Å²) in [5, 5.41) is 0. The first kappa shape index (κ1) is 13.9. The van der Waals surface area contributed by atoms with E-state index in [0.717, 1.165) is 13.2 Å². The number of hydrogen-bond donors (Lipinski definition) is 0. The molecule has 0 aromatic rings. The van der Waals surface area contributed by atoms with Crippen LogP contribution in [0.1, 0.15) is 12.8 Å². The van der Waals surface area contributed by atoms with Crippen molar-refractivity contribution < 1.29 is 38.8 Å². The summed E-state index contributed by atoms with van der Waals surface area (Å²) in [6.45, 7) is 2.00. The van der Waals surface area contributed by atoms with Crippen molar-refractivity contribution in [1.29, 1.82) is 0 Å². The molecule has 0 aromatic heterocycles. The normalized spacial score (nSPS) is 16.2. The van der Waals surface area contributed by atoms with E-state index in [9.17, 15) is 0 Å². The quantitative estimate of drug-likeness (QED) is 0.314. The van der Waals surface area contributed by atoms with Gasteiger partial charge in [-0.25, -0.2) is 0 Å². The Kier molecular flexibility index (Phi) is 8.83. The van der Waals surface area contributed by atoms with Crippen molar-refractivity contribution in [3.05, 3.63) is 0 Å². The van der Waals surface area contributed by atoms with Crippen LogP contribution < -0.4 is 0 Å². The first-order valence-electron chi connectivity index (χ1n) is 2.74. The first-order chi connectivity index (χ1) is 4.50. The smallest absolute Gasteiger partial charge is 0.759 e. The van der Waals surface area contributed by atoms with Crippen LogP contribution in [0, 0.1) is 0 Å². The van der Waals surface area contributed by atoms with Gasteiger partial charge >= 0.3 is 16.5 Å². The molecule has 1 heterocycles. The van der Waals surface area contributed by atoms with Gasteiger partial charge in [0.1, 0.15) is 0 Å². The van der Waals surface area contributed by atoms with Crippen molar-refractivity contribution in [2.24, 2.45) is 0 Å². The van der Waals surface area contributed by atoms with Crippen LogP contribution in [0.2, 0.25) is 0 Å². The second kappa shape index (κ2) is 7.00. The molecular weight excluding hydrogens is 219 g/mol. The van der Waals surface area contributed by atoms with E-state index in [1.165, 1.54) is 12.8 Å². The Bertz CT molecular complexity index is 146. The van der Waals surface area contributed by atoms with Gasteiger partial charge in [0.2, 0.25) is 0 Å². The maximum absolute atomic E-state index is 8.52. The van der Waals surface area contributed by atoms with Crippen LogP contribution in [0.15, 0.2) is 0 Å². The van der Waals surface area contributed by atoms with Gasteiger partial charge in [-0.2, -0.15) is 0 Å². The van der Waals surface area contributed by atoms with E-state index in [4.69, 9.17) is 22.3 Å². The fourth-order valence-electron chi connectivity index (χ4n) is 0.510. The summed E-state index contributed by atoms with van der Waals surface area (Å²) < 4.78 is 39.0. The molecule has 5 nitrogen and oxygen atoms in total. The van der Waals surface area contributed by atoms with Gasteiger partial charge in [0.05, 0.1) is 0 Å². The molecule has 1 aliphatic heterocycles. The monoisotopic (exact) mass is 226 g/mol. The average Bonchev–Trinajstić information content (AvgIpc) is 2.07. The molecule has 1 rings (SSSR count). The summed E-state index contributed by atoms with van der Waals surface area (Å²) in [5.74, 6) is 0.